The lowest BCUT2D eigenvalue weighted by Gasteiger charge is -2.34. The number of fused-ring (bicyclic) bond motifs is 1. The third-order valence-electron chi connectivity index (χ3n) is 5.88. The highest BCUT2D eigenvalue weighted by Gasteiger charge is 2.28. The first-order valence-electron chi connectivity index (χ1n) is 10.0. The summed E-state index contributed by atoms with van der Waals surface area (Å²) in [5, 5.41) is 0. The molecule has 1 aliphatic carbocycles. The Bertz CT molecular complexity index is 917. The first-order chi connectivity index (χ1) is 13.4. The first-order valence-corrected chi connectivity index (χ1v) is 10.0. The molecule has 5 heteroatoms. The van der Waals surface area contributed by atoms with Crippen LogP contribution < -0.4 is 4.90 Å². The minimum atomic E-state index is 0.449. The number of hydrogen-bond acceptors (Lipinski definition) is 4. The van der Waals surface area contributed by atoms with Gasteiger partial charge in [-0.1, -0.05) is 30.3 Å². The van der Waals surface area contributed by atoms with E-state index in [-0.39, 0.29) is 0 Å². The summed E-state index contributed by atoms with van der Waals surface area (Å²) in [6.07, 6.45) is 11.6. The third kappa shape index (κ3) is 3.22. The lowest BCUT2D eigenvalue weighted by atomic mass is 9.96. The summed E-state index contributed by atoms with van der Waals surface area (Å²) in [4.78, 5) is 16.4. The Morgan fingerprint density at radius 2 is 1.93 bits per heavy atom. The Morgan fingerprint density at radius 3 is 2.85 bits per heavy atom. The van der Waals surface area contributed by atoms with Crippen LogP contribution in [0.15, 0.2) is 49.1 Å². The van der Waals surface area contributed by atoms with Crippen molar-refractivity contribution in [3.63, 3.8) is 0 Å². The van der Waals surface area contributed by atoms with E-state index in [0.717, 1.165) is 32.5 Å². The average Bonchev–Trinajstić information content (AvgIpc) is 3.38. The fourth-order valence-electron chi connectivity index (χ4n) is 4.59. The van der Waals surface area contributed by atoms with Crippen LogP contribution in [0.2, 0.25) is 0 Å². The Balaban J connectivity index is 1.38. The van der Waals surface area contributed by atoms with E-state index in [2.05, 4.69) is 56.0 Å². The molecule has 27 heavy (non-hydrogen) atoms. The van der Waals surface area contributed by atoms with E-state index >= 15 is 0 Å². The second-order valence-corrected chi connectivity index (χ2v) is 7.66. The number of benzene rings is 1. The molecule has 3 aromatic rings. The zero-order valence-corrected chi connectivity index (χ0v) is 15.6. The molecular formula is C22H25N5. The third-order valence-corrected chi connectivity index (χ3v) is 5.88. The molecule has 1 saturated heterocycles. The topological polar surface area (TPSA) is 46.8 Å². The molecule has 5 rings (SSSR count). The van der Waals surface area contributed by atoms with Gasteiger partial charge in [0.15, 0.2) is 0 Å². The monoisotopic (exact) mass is 359 g/mol. The molecule has 1 unspecified atom stereocenters. The summed E-state index contributed by atoms with van der Waals surface area (Å²) in [5.41, 5.74) is 3.96. The van der Waals surface area contributed by atoms with Crippen molar-refractivity contribution in [1.82, 2.24) is 19.5 Å². The summed E-state index contributed by atoms with van der Waals surface area (Å²) in [7, 11) is 0. The van der Waals surface area contributed by atoms with Gasteiger partial charge in [0.2, 0.25) is 0 Å². The van der Waals surface area contributed by atoms with Crippen LogP contribution in [-0.4, -0.2) is 32.6 Å². The van der Waals surface area contributed by atoms with Crippen LogP contribution >= 0.6 is 0 Å². The van der Waals surface area contributed by atoms with Crippen LogP contribution in [0.4, 0.5) is 5.82 Å². The van der Waals surface area contributed by atoms with Crippen LogP contribution in [0.25, 0.3) is 0 Å². The maximum absolute atomic E-state index is 4.74. The Labute approximate surface area is 160 Å². The van der Waals surface area contributed by atoms with Gasteiger partial charge in [0, 0.05) is 49.2 Å². The largest absolute Gasteiger partial charge is 0.356 e. The number of imidazole rings is 1. The summed E-state index contributed by atoms with van der Waals surface area (Å²) in [5.74, 6) is 2.82. The van der Waals surface area contributed by atoms with Gasteiger partial charge in [-0.3, -0.25) is 0 Å². The van der Waals surface area contributed by atoms with E-state index in [4.69, 9.17) is 4.98 Å². The van der Waals surface area contributed by atoms with Crippen LogP contribution in [0.1, 0.15) is 47.8 Å². The zero-order chi connectivity index (χ0) is 18.1. The SMILES string of the molecule is c1ccc(Cn2ccnc2C2CCCN(c3ncnc4c3CCC4)C2)cc1. The Kier molecular flexibility index (Phi) is 4.36. The molecule has 0 spiro atoms. The second kappa shape index (κ2) is 7.14. The minimum Gasteiger partial charge on any atom is -0.356 e. The molecule has 1 aliphatic heterocycles. The van der Waals surface area contributed by atoms with Gasteiger partial charge < -0.3 is 9.47 Å². The standard InChI is InChI=1S/C22H25N5/c1-2-6-17(7-3-1)14-27-13-11-23-21(27)18-8-5-12-26(15-18)22-19-9-4-10-20(19)24-16-25-22/h1-3,6-7,11,13,16,18H,4-5,8-10,12,14-15H2. The number of rotatable bonds is 4. The van der Waals surface area contributed by atoms with E-state index in [0.29, 0.717) is 5.92 Å². The molecule has 0 bridgehead atoms. The van der Waals surface area contributed by atoms with Gasteiger partial charge >= 0.3 is 0 Å². The van der Waals surface area contributed by atoms with Gasteiger partial charge in [-0.25, -0.2) is 15.0 Å². The van der Waals surface area contributed by atoms with Crippen molar-refractivity contribution in [2.75, 3.05) is 18.0 Å². The lowest BCUT2D eigenvalue weighted by Crippen LogP contribution is -2.36. The van der Waals surface area contributed by atoms with Crippen molar-refractivity contribution in [2.24, 2.45) is 0 Å². The number of anilines is 1. The predicted octanol–water partition coefficient (Wildman–Crippen LogP) is 3.59. The van der Waals surface area contributed by atoms with Crippen molar-refractivity contribution in [3.05, 3.63) is 71.7 Å². The van der Waals surface area contributed by atoms with Gasteiger partial charge in [0.25, 0.3) is 0 Å². The summed E-state index contributed by atoms with van der Waals surface area (Å²) < 4.78 is 2.31. The molecule has 1 aromatic carbocycles. The Morgan fingerprint density at radius 1 is 1.00 bits per heavy atom. The van der Waals surface area contributed by atoms with Crippen LogP contribution in [0.3, 0.4) is 0 Å². The van der Waals surface area contributed by atoms with Crippen molar-refractivity contribution < 1.29 is 0 Å². The normalized spacial score (nSPS) is 19.3. The van der Waals surface area contributed by atoms with Crippen molar-refractivity contribution in [1.29, 1.82) is 0 Å². The fourth-order valence-corrected chi connectivity index (χ4v) is 4.59. The van der Waals surface area contributed by atoms with Crippen LogP contribution in [0.5, 0.6) is 0 Å². The van der Waals surface area contributed by atoms with Crippen LogP contribution in [0, 0.1) is 0 Å². The van der Waals surface area contributed by atoms with Gasteiger partial charge in [-0.2, -0.15) is 0 Å². The summed E-state index contributed by atoms with van der Waals surface area (Å²) >= 11 is 0. The van der Waals surface area contributed by atoms with E-state index in [1.54, 1.807) is 6.33 Å². The van der Waals surface area contributed by atoms with Crippen molar-refractivity contribution in [3.8, 4) is 0 Å². The van der Waals surface area contributed by atoms with Gasteiger partial charge in [0.05, 0.1) is 0 Å². The predicted molar refractivity (Wildman–Crippen MR) is 106 cm³/mol. The quantitative estimate of drug-likeness (QED) is 0.714. The molecule has 2 aromatic heterocycles. The average molecular weight is 359 g/mol. The molecular weight excluding hydrogens is 334 g/mol. The minimum absolute atomic E-state index is 0.449. The number of hydrogen-bond donors (Lipinski definition) is 0. The number of aryl methyl sites for hydroxylation is 1. The highest BCUT2D eigenvalue weighted by molar-refractivity contribution is 5.51. The van der Waals surface area contributed by atoms with E-state index in [9.17, 15) is 0 Å². The molecule has 2 aliphatic rings. The highest BCUT2D eigenvalue weighted by atomic mass is 15.2. The number of aromatic nitrogens is 4. The molecule has 1 fully saturated rings. The molecule has 0 saturated carbocycles. The van der Waals surface area contributed by atoms with E-state index in [1.165, 1.54) is 47.7 Å². The molecule has 3 heterocycles. The molecule has 0 radical (unpaired) electrons. The summed E-state index contributed by atoms with van der Waals surface area (Å²) in [6.45, 7) is 2.96. The first kappa shape index (κ1) is 16.5. The molecule has 0 N–H and O–H groups in total. The summed E-state index contributed by atoms with van der Waals surface area (Å²) in [6, 6.07) is 10.6. The van der Waals surface area contributed by atoms with Gasteiger partial charge in [-0.05, 0) is 37.7 Å². The highest BCUT2D eigenvalue weighted by Crippen LogP contribution is 2.33. The maximum Gasteiger partial charge on any atom is 0.135 e. The smallest absolute Gasteiger partial charge is 0.135 e. The maximum atomic E-state index is 4.74. The van der Waals surface area contributed by atoms with Gasteiger partial charge in [0.1, 0.15) is 18.0 Å². The van der Waals surface area contributed by atoms with Gasteiger partial charge in [-0.15, -0.1) is 0 Å². The second-order valence-electron chi connectivity index (χ2n) is 7.66. The van der Waals surface area contributed by atoms with Crippen molar-refractivity contribution >= 4 is 5.82 Å². The number of piperidine rings is 1. The van der Waals surface area contributed by atoms with E-state index < -0.39 is 0 Å². The number of nitrogens with zero attached hydrogens (tertiary/aromatic N) is 5. The molecule has 138 valence electrons. The molecule has 5 nitrogen and oxygen atoms in total. The van der Waals surface area contributed by atoms with Crippen molar-refractivity contribution in [2.45, 2.75) is 44.6 Å². The molecule has 1 atom stereocenters. The lowest BCUT2D eigenvalue weighted by molar-refractivity contribution is 0.473. The van der Waals surface area contributed by atoms with E-state index in [1.807, 2.05) is 6.20 Å². The fraction of sp³-hybridized carbons (Fsp3) is 0.409. The Hall–Kier alpha value is -2.69. The van der Waals surface area contributed by atoms with Crippen LogP contribution in [-0.2, 0) is 19.4 Å². The molecule has 0 amide bonds. The zero-order valence-electron chi connectivity index (χ0n) is 15.6.